The summed E-state index contributed by atoms with van der Waals surface area (Å²) >= 11 is 0. The molecule has 28 heavy (non-hydrogen) atoms. The van der Waals surface area contributed by atoms with Crippen molar-refractivity contribution in [2.75, 3.05) is 13.7 Å². The van der Waals surface area contributed by atoms with Crippen molar-refractivity contribution in [3.05, 3.63) is 42.0 Å². The van der Waals surface area contributed by atoms with Crippen LogP contribution in [-0.2, 0) is 0 Å². The Labute approximate surface area is 166 Å². The highest BCUT2D eigenvalue weighted by molar-refractivity contribution is 5.95. The molecule has 1 N–H and O–H groups in total. The molecule has 0 unspecified atom stereocenters. The van der Waals surface area contributed by atoms with E-state index in [2.05, 4.69) is 10.3 Å². The van der Waals surface area contributed by atoms with E-state index in [1.165, 1.54) is 32.1 Å². The van der Waals surface area contributed by atoms with Gasteiger partial charge in [0.05, 0.1) is 24.8 Å². The number of ether oxygens (including phenoxy) is 1. The second kappa shape index (κ2) is 6.94. The van der Waals surface area contributed by atoms with Crippen molar-refractivity contribution in [1.82, 2.24) is 14.9 Å². The van der Waals surface area contributed by atoms with Crippen molar-refractivity contribution in [2.45, 2.75) is 39.0 Å². The number of nitrogens with zero attached hydrogens (tertiary/aromatic N) is 2. The molecule has 4 aliphatic carbocycles. The predicted molar refractivity (Wildman–Crippen MR) is 108 cm³/mol. The summed E-state index contributed by atoms with van der Waals surface area (Å²) in [6.07, 6.45) is 10.7. The van der Waals surface area contributed by atoms with Gasteiger partial charge >= 0.3 is 0 Å². The highest BCUT2D eigenvalue weighted by Gasteiger charge is 2.47. The van der Waals surface area contributed by atoms with E-state index in [1.54, 1.807) is 13.4 Å². The van der Waals surface area contributed by atoms with Gasteiger partial charge in [-0.3, -0.25) is 4.79 Å². The molecule has 148 valence electrons. The Morgan fingerprint density at radius 2 is 1.89 bits per heavy atom. The van der Waals surface area contributed by atoms with Gasteiger partial charge < -0.3 is 14.6 Å². The maximum atomic E-state index is 12.8. The lowest BCUT2D eigenvalue weighted by molar-refractivity contribution is -0.0347. The molecule has 0 atom stereocenters. The summed E-state index contributed by atoms with van der Waals surface area (Å²) in [7, 11) is 1.64. The van der Waals surface area contributed by atoms with E-state index in [0.29, 0.717) is 17.2 Å². The molecule has 4 saturated carbocycles. The molecule has 1 aromatic carbocycles. The lowest BCUT2D eigenvalue weighted by Gasteiger charge is -2.54. The topological polar surface area (TPSA) is 56.1 Å². The average molecular weight is 380 g/mol. The summed E-state index contributed by atoms with van der Waals surface area (Å²) < 4.78 is 7.46. The average Bonchev–Trinajstić information content (AvgIpc) is 3.12. The SMILES string of the molecule is COc1cc(C(=O)NCC2C3CC4CC(C3)CC2C4)ccc1-n1cnc(C)c1. The van der Waals surface area contributed by atoms with Crippen molar-refractivity contribution in [2.24, 2.45) is 29.6 Å². The fraction of sp³-hybridized carbons (Fsp3) is 0.565. The van der Waals surface area contributed by atoms with Crippen LogP contribution in [0.2, 0.25) is 0 Å². The summed E-state index contributed by atoms with van der Waals surface area (Å²) in [5.74, 6) is 4.96. The van der Waals surface area contributed by atoms with Crippen molar-refractivity contribution in [3.8, 4) is 11.4 Å². The van der Waals surface area contributed by atoms with Gasteiger partial charge in [0.15, 0.2) is 0 Å². The van der Waals surface area contributed by atoms with Gasteiger partial charge in [0.25, 0.3) is 5.91 Å². The van der Waals surface area contributed by atoms with Crippen LogP contribution in [0.4, 0.5) is 0 Å². The molecule has 4 bridgehead atoms. The van der Waals surface area contributed by atoms with Crippen molar-refractivity contribution in [3.63, 3.8) is 0 Å². The Morgan fingerprint density at radius 1 is 1.18 bits per heavy atom. The number of benzene rings is 1. The minimum absolute atomic E-state index is 0.000433. The molecule has 1 amide bonds. The van der Waals surface area contributed by atoms with Gasteiger partial charge in [0.1, 0.15) is 5.75 Å². The molecule has 1 aromatic heterocycles. The van der Waals surface area contributed by atoms with E-state index in [0.717, 1.165) is 41.6 Å². The molecule has 6 rings (SSSR count). The Kier molecular flexibility index (Phi) is 4.41. The van der Waals surface area contributed by atoms with Crippen LogP contribution in [0.1, 0.15) is 48.2 Å². The summed E-state index contributed by atoms with van der Waals surface area (Å²) in [6, 6.07) is 5.63. The van der Waals surface area contributed by atoms with Crippen LogP contribution in [-0.4, -0.2) is 29.1 Å². The van der Waals surface area contributed by atoms with Crippen LogP contribution in [0, 0.1) is 36.5 Å². The number of nitrogens with one attached hydrogen (secondary N) is 1. The lowest BCUT2D eigenvalue weighted by Crippen LogP contribution is -2.49. The van der Waals surface area contributed by atoms with E-state index in [-0.39, 0.29) is 5.91 Å². The van der Waals surface area contributed by atoms with Gasteiger partial charge in [-0.2, -0.15) is 0 Å². The first-order chi connectivity index (χ1) is 13.6. The van der Waals surface area contributed by atoms with Gasteiger partial charge in [-0.1, -0.05) is 0 Å². The maximum absolute atomic E-state index is 12.8. The number of methoxy groups -OCH3 is 1. The number of hydrogen-bond donors (Lipinski definition) is 1. The van der Waals surface area contributed by atoms with Crippen molar-refractivity contribution >= 4 is 5.91 Å². The summed E-state index contributed by atoms with van der Waals surface area (Å²) in [5, 5.41) is 3.23. The van der Waals surface area contributed by atoms with Crippen LogP contribution < -0.4 is 10.1 Å². The Morgan fingerprint density at radius 3 is 2.50 bits per heavy atom. The Bertz CT molecular complexity index is 860. The minimum Gasteiger partial charge on any atom is -0.495 e. The second-order valence-corrected chi connectivity index (χ2v) is 9.11. The van der Waals surface area contributed by atoms with E-state index in [1.807, 2.05) is 35.9 Å². The van der Waals surface area contributed by atoms with Crippen LogP contribution in [0.3, 0.4) is 0 Å². The molecule has 2 aromatic rings. The number of imidazole rings is 1. The van der Waals surface area contributed by atoms with Crippen LogP contribution >= 0.6 is 0 Å². The summed E-state index contributed by atoms with van der Waals surface area (Å²) in [4.78, 5) is 17.1. The monoisotopic (exact) mass is 379 g/mol. The quantitative estimate of drug-likeness (QED) is 0.855. The van der Waals surface area contributed by atoms with Crippen molar-refractivity contribution in [1.29, 1.82) is 0 Å². The number of rotatable bonds is 5. The van der Waals surface area contributed by atoms with Gasteiger partial charge in [0.2, 0.25) is 0 Å². The zero-order valence-corrected chi connectivity index (χ0v) is 16.7. The predicted octanol–water partition coefficient (Wildman–Crippen LogP) is 3.99. The maximum Gasteiger partial charge on any atom is 0.251 e. The fourth-order valence-electron chi connectivity index (χ4n) is 6.27. The number of amides is 1. The minimum atomic E-state index is 0.000433. The molecule has 1 heterocycles. The molecular formula is C23H29N3O2. The van der Waals surface area contributed by atoms with Crippen molar-refractivity contribution < 1.29 is 9.53 Å². The highest BCUT2D eigenvalue weighted by Crippen LogP contribution is 2.56. The largest absolute Gasteiger partial charge is 0.495 e. The standard InChI is InChI=1S/C23H29N3O2/c1-14-12-26(13-25-14)21-4-3-17(10-22(21)28-2)23(27)24-11-20-18-6-15-5-16(8-18)9-19(20)7-15/h3-4,10,12-13,15-16,18-20H,5-9,11H2,1-2H3,(H,24,27). The van der Waals surface area contributed by atoms with Crippen LogP contribution in [0.15, 0.2) is 30.7 Å². The molecule has 0 aliphatic heterocycles. The number of aromatic nitrogens is 2. The number of aryl methyl sites for hydroxylation is 1. The zero-order chi connectivity index (χ0) is 19.3. The van der Waals surface area contributed by atoms with E-state index in [9.17, 15) is 4.79 Å². The lowest BCUT2D eigenvalue weighted by atomic mass is 9.52. The summed E-state index contributed by atoms with van der Waals surface area (Å²) in [6.45, 7) is 2.77. The third-order valence-electron chi connectivity index (χ3n) is 7.35. The Balaban J connectivity index is 1.28. The number of carbonyl (C=O) groups excluding carboxylic acids is 1. The first-order valence-electron chi connectivity index (χ1n) is 10.6. The Hall–Kier alpha value is -2.30. The smallest absolute Gasteiger partial charge is 0.251 e. The molecule has 4 aliphatic rings. The van der Waals surface area contributed by atoms with Gasteiger partial charge in [0, 0.05) is 18.3 Å². The molecule has 5 heteroatoms. The third-order valence-corrected chi connectivity index (χ3v) is 7.35. The fourth-order valence-corrected chi connectivity index (χ4v) is 6.27. The van der Waals surface area contributed by atoms with Gasteiger partial charge in [-0.15, -0.1) is 0 Å². The van der Waals surface area contributed by atoms with Crippen LogP contribution in [0.5, 0.6) is 5.75 Å². The third kappa shape index (κ3) is 3.11. The number of hydrogen-bond acceptors (Lipinski definition) is 3. The van der Waals surface area contributed by atoms with E-state index >= 15 is 0 Å². The molecule has 0 radical (unpaired) electrons. The van der Waals surface area contributed by atoms with Crippen LogP contribution in [0.25, 0.3) is 5.69 Å². The van der Waals surface area contributed by atoms with E-state index in [4.69, 9.17) is 4.74 Å². The molecule has 0 saturated heterocycles. The molecule has 4 fully saturated rings. The normalized spacial score (nSPS) is 30.4. The van der Waals surface area contributed by atoms with E-state index < -0.39 is 0 Å². The molecule has 5 nitrogen and oxygen atoms in total. The first kappa shape index (κ1) is 17.8. The zero-order valence-electron chi connectivity index (χ0n) is 16.7. The second-order valence-electron chi connectivity index (χ2n) is 9.11. The van der Waals surface area contributed by atoms with Gasteiger partial charge in [-0.05, 0) is 86.8 Å². The van der Waals surface area contributed by atoms with Gasteiger partial charge in [-0.25, -0.2) is 4.98 Å². The highest BCUT2D eigenvalue weighted by atomic mass is 16.5. The molecule has 0 spiro atoms. The summed E-state index contributed by atoms with van der Waals surface area (Å²) in [5.41, 5.74) is 2.49. The first-order valence-corrected chi connectivity index (χ1v) is 10.6. The number of carbonyl (C=O) groups is 1. The molecular weight excluding hydrogens is 350 g/mol.